The summed E-state index contributed by atoms with van der Waals surface area (Å²) in [5.74, 6) is 0.516. The molecule has 13 nitrogen and oxygen atoms in total. The van der Waals surface area contributed by atoms with Crippen molar-refractivity contribution in [3.05, 3.63) is 42.1 Å². The second-order valence-electron chi connectivity index (χ2n) is 14.1. The largest absolute Gasteiger partial charge is 0.451 e. The third-order valence-electron chi connectivity index (χ3n) is 10.4. The molecule has 0 saturated carbocycles. The molecule has 7 rings (SSSR count). The first kappa shape index (κ1) is 33.5. The van der Waals surface area contributed by atoms with Gasteiger partial charge in [0.05, 0.1) is 63.0 Å². The smallest absolute Gasteiger partial charge is 0.258 e. The van der Waals surface area contributed by atoms with Gasteiger partial charge in [0.1, 0.15) is 23.1 Å². The quantitative estimate of drug-likeness (QED) is 0.416. The van der Waals surface area contributed by atoms with Gasteiger partial charge in [-0.25, -0.2) is 27.5 Å². The second kappa shape index (κ2) is 13.8. The Bertz CT molecular complexity index is 1560. The van der Waals surface area contributed by atoms with Gasteiger partial charge in [-0.2, -0.15) is 0 Å². The third-order valence-corrected chi connectivity index (χ3v) is 12.2. The normalized spacial score (nSPS) is 28.1. The number of halogens is 1. The zero-order chi connectivity index (χ0) is 33.5. The van der Waals surface area contributed by atoms with Gasteiger partial charge in [0.15, 0.2) is 11.6 Å². The summed E-state index contributed by atoms with van der Waals surface area (Å²) < 4.78 is 65.0. The van der Waals surface area contributed by atoms with Gasteiger partial charge in [-0.15, -0.1) is 0 Å². The van der Waals surface area contributed by atoms with Crippen molar-refractivity contribution < 1.29 is 36.6 Å². The first-order chi connectivity index (χ1) is 23.1. The fourth-order valence-corrected chi connectivity index (χ4v) is 8.93. The number of morpholine rings is 1. The number of amides is 1. The van der Waals surface area contributed by atoms with Crippen LogP contribution in [-0.2, 0) is 24.2 Å². The molecule has 5 fully saturated rings. The van der Waals surface area contributed by atoms with E-state index in [-0.39, 0.29) is 60.1 Å². The summed E-state index contributed by atoms with van der Waals surface area (Å²) in [7, 11) is -3.35. The number of aromatic nitrogens is 2. The fourth-order valence-electron chi connectivity index (χ4n) is 7.53. The van der Waals surface area contributed by atoms with Crippen molar-refractivity contribution in [2.45, 2.75) is 69.0 Å². The molecule has 4 atom stereocenters. The average molecular weight is 689 g/mol. The molecule has 1 aromatic heterocycles. The van der Waals surface area contributed by atoms with Crippen LogP contribution in [-0.4, -0.2) is 129 Å². The van der Waals surface area contributed by atoms with Crippen molar-refractivity contribution in [3.63, 3.8) is 0 Å². The number of sulfonamides is 1. The van der Waals surface area contributed by atoms with Crippen LogP contribution in [0.4, 0.5) is 10.2 Å². The summed E-state index contributed by atoms with van der Waals surface area (Å²) in [6.07, 6.45) is 6.88. The topological polar surface area (TPSA) is 136 Å². The first-order valence-corrected chi connectivity index (χ1v) is 18.5. The Labute approximate surface area is 281 Å². The molecule has 6 heterocycles. The molecule has 1 aromatic carbocycles. The summed E-state index contributed by atoms with van der Waals surface area (Å²) in [4.78, 5) is 28.8. The molecule has 1 amide bonds. The van der Waals surface area contributed by atoms with Gasteiger partial charge in [-0.1, -0.05) is 0 Å². The van der Waals surface area contributed by atoms with Gasteiger partial charge in [0.2, 0.25) is 10.0 Å². The number of rotatable bonds is 9. The van der Waals surface area contributed by atoms with Crippen LogP contribution in [0.15, 0.2) is 30.7 Å². The highest BCUT2D eigenvalue weighted by Crippen LogP contribution is 2.45. The van der Waals surface area contributed by atoms with E-state index in [0.717, 1.165) is 58.4 Å². The Kier molecular flexibility index (Phi) is 9.61. The maximum Gasteiger partial charge on any atom is 0.258 e. The van der Waals surface area contributed by atoms with E-state index < -0.39 is 21.1 Å². The highest BCUT2D eigenvalue weighted by molar-refractivity contribution is 7.90. The van der Waals surface area contributed by atoms with Crippen molar-refractivity contribution in [1.82, 2.24) is 24.5 Å². The Hall–Kier alpha value is -2.95. The highest BCUT2D eigenvalue weighted by Gasteiger charge is 2.46. The van der Waals surface area contributed by atoms with E-state index in [0.29, 0.717) is 31.4 Å². The van der Waals surface area contributed by atoms with Crippen molar-refractivity contribution >= 4 is 21.7 Å². The number of hydrogen-bond acceptors (Lipinski definition) is 11. The van der Waals surface area contributed by atoms with Crippen molar-refractivity contribution in [1.29, 1.82) is 0 Å². The van der Waals surface area contributed by atoms with E-state index in [2.05, 4.69) is 24.5 Å². The summed E-state index contributed by atoms with van der Waals surface area (Å²) in [5, 5.41) is -0.446. The minimum Gasteiger partial charge on any atom is -0.451 e. The number of likely N-dealkylation sites (tertiary alicyclic amines) is 1. The van der Waals surface area contributed by atoms with E-state index in [1.165, 1.54) is 24.5 Å². The van der Waals surface area contributed by atoms with Gasteiger partial charge in [0.25, 0.3) is 5.91 Å². The van der Waals surface area contributed by atoms with Crippen LogP contribution < -0.4 is 14.4 Å². The zero-order valence-electron chi connectivity index (χ0n) is 27.6. The number of ether oxygens (including phenoxy) is 4. The van der Waals surface area contributed by atoms with Crippen LogP contribution >= 0.6 is 0 Å². The van der Waals surface area contributed by atoms with Gasteiger partial charge in [-0.3, -0.25) is 4.79 Å². The monoisotopic (exact) mass is 688 g/mol. The lowest BCUT2D eigenvalue weighted by atomic mass is 9.72. The number of hydrogen-bond donors (Lipinski definition) is 1. The predicted octanol–water partition coefficient (Wildman–Crippen LogP) is 2.43. The maximum absolute atomic E-state index is 14.4. The Morgan fingerprint density at radius 2 is 1.77 bits per heavy atom. The van der Waals surface area contributed by atoms with Crippen LogP contribution in [0.1, 0.15) is 49.9 Å². The number of nitrogens with one attached hydrogen (secondary N) is 1. The fraction of sp³-hybridized carbons (Fsp3) is 0.667. The molecule has 0 aliphatic carbocycles. The molecule has 5 saturated heterocycles. The minimum absolute atomic E-state index is 0.100. The van der Waals surface area contributed by atoms with Crippen LogP contribution in [0, 0.1) is 11.2 Å². The van der Waals surface area contributed by atoms with Crippen LogP contribution in [0.25, 0.3) is 0 Å². The molecule has 0 unspecified atom stereocenters. The van der Waals surface area contributed by atoms with Crippen molar-refractivity contribution in [2.24, 2.45) is 5.41 Å². The molecule has 15 heteroatoms. The van der Waals surface area contributed by atoms with Crippen LogP contribution in [0.5, 0.6) is 11.5 Å². The Morgan fingerprint density at radius 3 is 2.44 bits per heavy atom. The molecule has 2 aromatic rings. The number of carbonyl (C=O) groups is 1. The van der Waals surface area contributed by atoms with Gasteiger partial charge < -0.3 is 33.6 Å². The van der Waals surface area contributed by atoms with E-state index in [1.54, 1.807) is 11.1 Å². The summed E-state index contributed by atoms with van der Waals surface area (Å²) in [5.41, 5.74) is 0.334. The van der Waals surface area contributed by atoms with E-state index in [4.69, 9.17) is 18.9 Å². The molecule has 48 heavy (non-hydrogen) atoms. The summed E-state index contributed by atoms with van der Waals surface area (Å²) >= 11 is 0. The second-order valence-corrected chi connectivity index (χ2v) is 16.1. The number of carbonyl (C=O) groups excluding carboxylic acids is 1. The minimum atomic E-state index is -3.35. The molecule has 1 spiro atoms. The number of nitrogens with zero attached hydrogens (tertiary/aromatic N) is 5. The molecular formula is C33H45FN6O7S. The zero-order valence-corrected chi connectivity index (χ0v) is 28.4. The lowest BCUT2D eigenvalue weighted by Gasteiger charge is -2.54. The van der Waals surface area contributed by atoms with Crippen molar-refractivity contribution in [3.8, 4) is 11.5 Å². The highest BCUT2D eigenvalue weighted by atomic mass is 32.2. The number of piperidine rings is 1. The van der Waals surface area contributed by atoms with E-state index in [9.17, 15) is 17.6 Å². The number of benzene rings is 1. The molecule has 5 aliphatic heterocycles. The predicted molar refractivity (Wildman–Crippen MR) is 174 cm³/mol. The lowest BCUT2D eigenvalue weighted by Crippen LogP contribution is -2.61. The summed E-state index contributed by atoms with van der Waals surface area (Å²) in [6.45, 7) is 10.1. The lowest BCUT2D eigenvalue weighted by molar-refractivity contribution is -0.0302. The van der Waals surface area contributed by atoms with E-state index >= 15 is 0 Å². The SMILES string of the molecule is C[C@@H]1COC[C@@H](C)N1C(=O)c1cc(F)ccc1Oc1cncnc1N1CC2(CCN(C[C@@H]3CC[C@@H](NS(=O)(=O)C4COC4)CO3)CC2)C1. The molecule has 5 aliphatic rings. The van der Waals surface area contributed by atoms with Crippen molar-refractivity contribution in [2.75, 3.05) is 70.7 Å². The van der Waals surface area contributed by atoms with Crippen LogP contribution in [0.3, 0.4) is 0 Å². The standard InChI is InChI=1S/C33H45FN6O7S/c1-22-14-44-15-23(2)40(22)32(41)28-11-24(34)3-6-29(28)47-30-12-35-21-36-31(30)39-19-33(20-39)7-9-38(10-8-33)13-26-5-4-25(16-46-26)37-48(42,43)27-17-45-18-27/h3,6,11-12,21-23,25-27,37H,4-5,7-10,13-20H2,1-2H3/t22-,23-,25-,26+/m1/s1. The van der Waals surface area contributed by atoms with E-state index in [1.807, 2.05) is 13.8 Å². The number of anilines is 1. The van der Waals surface area contributed by atoms with Gasteiger partial charge in [-0.05, 0) is 70.8 Å². The molecule has 262 valence electrons. The molecule has 1 N–H and O–H groups in total. The van der Waals surface area contributed by atoms with Gasteiger partial charge in [0, 0.05) is 31.1 Å². The maximum atomic E-state index is 14.4. The molecular weight excluding hydrogens is 643 g/mol. The summed E-state index contributed by atoms with van der Waals surface area (Å²) in [6, 6.07) is 3.52. The Balaban J connectivity index is 0.923. The average Bonchev–Trinajstić information content (AvgIpc) is 3.01. The molecule has 0 bridgehead atoms. The Morgan fingerprint density at radius 1 is 1.04 bits per heavy atom. The third kappa shape index (κ3) is 7.03. The van der Waals surface area contributed by atoms with Crippen LogP contribution in [0.2, 0.25) is 0 Å². The molecule has 0 radical (unpaired) electrons. The first-order valence-electron chi connectivity index (χ1n) is 16.9. The van der Waals surface area contributed by atoms with Gasteiger partial charge >= 0.3 is 0 Å².